The van der Waals surface area contributed by atoms with Crippen LogP contribution in [0.15, 0.2) is 30.3 Å². The van der Waals surface area contributed by atoms with E-state index < -0.39 is 0 Å². The minimum absolute atomic E-state index is 0.237. The predicted molar refractivity (Wildman–Crippen MR) is 92.8 cm³/mol. The Bertz CT molecular complexity index is 660. The number of esters is 1. The van der Waals surface area contributed by atoms with Crippen LogP contribution in [0.2, 0.25) is 0 Å². The lowest BCUT2D eigenvalue weighted by atomic mass is 9.96. The molecule has 118 valence electrons. The molecule has 0 heterocycles. The molecule has 0 unspecified atom stereocenters. The largest absolute Gasteiger partial charge is 0.462 e. The number of carbonyl (C=O) groups excluding carboxylic acids is 1. The highest BCUT2D eigenvalue weighted by Gasteiger charge is 2.19. The highest BCUT2D eigenvalue weighted by Crippen LogP contribution is 2.34. The average Bonchev–Trinajstić information content (AvgIpc) is 2.55. The number of benzene rings is 2. The number of hydrogen-bond donors (Lipinski definition) is 0. The van der Waals surface area contributed by atoms with Crippen molar-refractivity contribution >= 4 is 22.4 Å². The summed E-state index contributed by atoms with van der Waals surface area (Å²) in [6.45, 7) is 10.6. The molecule has 0 aromatic heterocycles. The van der Waals surface area contributed by atoms with E-state index in [9.17, 15) is 4.79 Å². The lowest BCUT2D eigenvalue weighted by molar-refractivity contribution is 0.0528. The molecule has 0 spiro atoms. The van der Waals surface area contributed by atoms with Crippen molar-refractivity contribution in [1.29, 1.82) is 0 Å². The second-order valence-electron chi connectivity index (χ2n) is 5.22. The van der Waals surface area contributed by atoms with Crippen molar-refractivity contribution in [3.8, 4) is 0 Å². The van der Waals surface area contributed by atoms with Crippen LogP contribution in [-0.4, -0.2) is 25.7 Å². The van der Waals surface area contributed by atoms with Crippen molar-refractivity contribution in [3.05, 3.63) is 41.5 Å². The van der Waals surface area contributed by atoms with E-state index in [4.69, 9.17) is 4.74 Å². The van der Waals surface area contributed by atoms with Crippen molar-refractivity contribution in [2.45, 2.75) is 34.1 Å². The molecule has 0 aliphatic heterocycles. The molecule has 2 rings (SSSR count). The molecule has 0 radical (unpaired) electrons. The normalized spacial score (nSPS) is 10.7. The summed E-state index contributed by atoms with van der Waals surface area (Å²) in [5.41, 5.74) is 3.12. The van der Waals surface area contributed by atoms with E-state index in [1.807, 2.05) is 31.2 Å². The molecule has 0 N–H and O–H groups in total. The molecule has 3 nitrogen and oxygen atoms in total. The van der Waals surface area contributed by atoms with Crippen LogP contribution < -0.4 is 4.90 Å². The molecule has 0 aliphatic rings. The van der Waals surface area contributed by atoms with Gasteiger partial charge < -0.3 is 9.64 Å². The van der Waals surface area contributed by atoms with Crippen LogP contribution in [0.5, 0.6) is 0 Å². The molecule has 2 aromatic carbocycles. The second-order valence-corrected chi connectivity index (χ2v) is 5.22. The molecule has 0 saturated heterocycles. The molecule has 2 aromatic rings. The summed E-state index contributed by atoms with van der Waals surface area (Å²) in [5.74, 6) is -0.237. The maximum Gasteiger partial charge on any atom is 0.338 e. The van der Waals surface area contributed by atoms with Gasteiger partial charge in [0, 0.05) is 24.2 Å². The summed E-state index contributed by atoms with van der Waals surface area (Å²) in [4.78, 5) is 14.7. The van der Waals surface area contributed by atoms with E-state index in [1.165, 1.54) is 11.3 Å². The van der Waals surface area contributed by atoms with E-state index in [0.717, 1.165) is 30.3 Å². The Morgan fingerprint density at radius 3 is 2.23 bits per heavy atom. The number of fused-ring (bicyclic) bond motifs is 1. The summed E-state index contributed by atoms with van der Waals surface area (Å²) in [6, 6.07) is 10.1. The van der Waals surface area contributed by atoms with Gasteiger partial charge >= 0.3 is 5.97 Å². The molecule has 0 amide bonds. The standard InChI is InChI=1S/C19H25NO2/c1-5-14-13-17(19(21)22-8-4)15-11-9-10-12-16(15)18(14)20(6-2)7-3/h9-13H,5-8H2,1-4H3. The summed E-state index contributed by atoms with van der Waals surface area (Å²) in [6.07, 6.45) is 0.892. The van der Waals surface area contributed by atoms with Gasteiger partial charge in [0.25, 0.3) is 0 Å². The Hall–Kier alpha value is -2.03. The lowest BCUT2D eigenvalue weighted by Gasteiger charge is -2.26. The molecule has 22 heavy (non-hydrogen) atoms. The van der Waals surface area contributed by atoms with Crippen LogP contribution in [0.4, 0.5) is 5.69 Å². The van der Waals surface area contributed by atoms with Crippen molar-refractivity contribution < 1.29 is 9.53 Å². The molecular weight excluding hydrogens is 274 g/mol. The van der Waals surface area contributed by atoms with E-state index in [2.05, 4.69) is 31.7 Å². The summed E-state index contributed by atoms with van der Waals surface area (Å²) < 4.78 is 5.24. The van der Waals surface area contributed by atoms with Gasteiger partial charge in [0.1, 0.15) is 0 Å². The first-order valence-corrected chi connectivity index (χ1v) is 8.14. The zero-order chi connectivity index (χ0) is 16.1. The van der Waals surface area contributed by atoms with E-state index in [0.29, 0.717) is 12.2 Å². The van der Waals surface area contributed by atoms with Gasteiger partial charge in [-0.25, -0.2) is 4.79 Å². The van der Waals surface area contributed by atoms with Crippen LogP contribution in [0, 0.1) is 0 Å². The quantitative estimate of drug-likeness (QED) is 0.739. The molecule has 0 saturated carbocycles. The van der Waals surface area contributed by atoms with Gasteiger partial charge in [0.15, 0.2) is 0 Å². The molecule has 3 heteroatoms. The Morgan fingerprint density at radius 2 is 1.68 bits per heavy atom. The molecule has 0 aliphatic carbocycles. The molecule has 0 fully saturated rings. The zero-order valence-electron chi connectivity index (χ0n) is 14.0. The number of rotatable bonds is 6. The van der Waals surface area contributed by atoms with Gasteiger partial charge in [-0.3, -0.25) is 0 Å². The van der Waals surface area contributed by atoms with Gasteiger partial charge in [0.05, 0.1) is 12.2 Å². The van der Waals surface area contributed by atoms with Gasteiger partial charge in [-0.1, -0.05) is 31.2 Å². The smallest absolute Gasteiger partial charge is 0.338 e. The Kier molecular flexibility index (Phi) is 5.42. The zero-order valence-corrected chi connectivity index (χ0v) is 14.0. The minimum atomic E-state index is -0.237. The third-order valence-electron chi connectivity index (χ3n) is 4.05. The molecule has 0 atom stereocenters. The molecule has 0 bridgehead atoms. The third kappa shape index (κ3) is 2.94. The Labute approximate surface area is 132 Å². The molecular formula is C19H25NO2. The van der Waals surface area contributed by atoms with Crippen LogP contribution in [0.25, 0.3) is 10.8 Å². The van der Waals surface area contributed by atoms with E-state index in [1.54, 1.807) is 0 Å². The summed E-state index contributed by atoms with van der Waals surface area (Å²) >= 11 is 0. The SMILES string of the molecule is CCOC(=O)c1cc(CC)c(N(CC)CC)c2ccccc12. The monoisotopic (exact) mass is 299 g/mol. The highest BCUT2D eigenvalue weighted by molar-refractivity contribution is 6.09. The fraction of sp³-hybridized carbons (Fsp3) is 0.421. The lowest BCUT2D eigenvalue weighted by Crippen LogP contribution is -2.24. The van der Waals surface area contributed by atoms with Crippen molar-refractivity contribution in [1.82, 2.24) is 0 Å². The average molecular weight is 299 g/mol. The van der Waals surface area contributed by atoms with Crippen molar-refractivity contribution in [2.24, 2.45) is 0 Å². The summed E-state index contributed by atoms with van der Waals surface area (Å²) in [7, 11) is 0. The van der Waals surface area contributed by atoms with Gasteiger partial charge in [-0.05, 0) is 44.2 Å². The van der Waals surface area contributed by atoms with Crippen molar-refractivity contribution in [3.63, 3.8) is 0 Å². The van der Waals surface area contributed by atoms with Gasteiger partial charge in [0.2, 0.25) is 0 Å². The Morgan fingerprint density at radius 1 is 1.05 bits per heavy atom. The predicted octanol–water partition coefficient (Wildman–Crippen LogP) is 4.43. The highest BCUT2D eigenvalue weighted by atomic mass is 16.5. The number of ether oxygens (including phenoxy) is 1. The topological polar surface area (TPSA) is 29.5 Å². The van der Waals surface area contributed by atoms with Gasteiger partial charge in [-0.15, -0.1) is 0 Å². The maximum absolute atomic E-state index is 12.3. The van der Waals surface area contributed by atoms with E-state index >= 15 is 0 Å². The number of carbonyl (C=O) groups is 1. The van der Waals surface area contributed by atoms with Crippen LogP contribution in [0.3, 0.4) is 0 Å². The number of hydrogen-bond acceptors (Lipinski definition) is 3. The number of aryl methyl sites for hydroxylation is 1. The first-order chi connectivity index (χ1) is 10.7. The summed E-state index contributed by atoms with van der Waals surface area (Å²) in [5, 5.41) is 2.11. The second kappa shape index (κ2) is 7.30. The van der Waals surface area contributed by atoms with Crippen LogP contribution in [-0.2, 0) is 11.2 Å². The maximum atomic E-state index is 12.3. The fourth-order valence-electron chi connectivity index (χ4n) is 2.98. The van der Waals surface area contributed by atoms with Crippen LogP contribution in [0.1, 0.15) is 43.6 Å². The third-order valence-corrected chi connectivity index (χ3v) is 4.05. The van der Waals surface area contributed by atoms with E-state index in [-0.39, 0.29) is 5.97 Å². The van der Waals surface area contributed by atoms with Crippen LogP contribution >= 0.6 is 0 Å². The number of anilines is 1. The van der Waals surface area contributed by atoms with Crippen molar-refractivity contribution in [2.75, 3.05) is 24.6 Å². The minimum Gasteiger partial charge on any atom is -0.462 e. The fourth-order valence-corrected chi connectivity index (χ4v) is 2.98. The number of nitrogens with zero attached hydrogens (tertiary/aromatic N) is 1. The Balaban J connectivity index is 2.76. The first kappa shape index (κ1) is 16.3. The van der Waals surface area contributed by atoms with Gasteiger partial charge in [-0.2, -0.15) is 0 Å². The first-order valence-electron chi connectivity index (χ1n) is 8.14.